The first-order chi connectivity index (χ1) is 11.9. The van der Waals surface area contributed by atoms with Crippen LogP contribution in [0.3, 0.4) is 0 Å². The molecule has 1 aromatic heterocycles. The molecule has 0 spiro atoms. The average molecular weight is 360 g/mol. The molecule has 1 aromatic carbocycles. The fourth-order valence-corrected chi connectivity index (χ4v) is 3.33. The summed E-state index contributed by atoms with van der Waals surface area (Å²) in [6, 6.07) is 7.18. The monoisotopic (exact) mass is 360 g/mol. The molecule has 1 aliphatic rings. The normalized spacial score (nSPS) is 19.6. The quantitative estimate of drug-likeness (QED) is 0.848. The average Bonchev–Trinajstić information content (AvgIpc) is 3.05. The van der Waals surface area contributed by atoms with Crippen LogP contribution in [-0.2, 0) is 9.59 Å². The summed E-state index contributed by atoms with van der Waals surface area (Å²) in [6.45, 7) is 7.78. The van der Waals surface area contributed by atoms with E-state index >= 15 is 0 Å². The maximum atomic E-state index is 12.9. The summed E-state index contributed by atoms with van der Waals surface area (Å²) < 4.78 is 5.81. The number of fused-ring (bicyclic) bond motifs is 1. The molecule has 0 saturated carbocycles. The van der Waals surface area contributed by atoms with Gasteiger partial charge in [-0.05, 0) is 26.0 Å². The van der Waals surface area contributed by atoms with Crippen LogP contribution in [0.25, 0.3) is 0 Å². The van der Waals surface area contributed by atoms with Crippen molar-refractivity contribution in [3.05, 3.63) is 29.3 Å². The molecular weight excluding hydrogens is 340 g/mol. The standard InChI is InChI=1S/C17H20N4O3S/c1-5-21-11-8-6-7-9-12(11)24-17(4,15(21)23)14(22)18-16-20-19-13(25-16)10(2)3/h6-10H,5H2,1-4H3,(H,18,20,22). The van der Waals surface area contributed by atoms with Crippen molar-refractivity contribution in [2.75, 3.05) is 16.8 Å². The third-order valence-electron chi connectivity index (χ3n) is 4.03. The molecule has 1 unspecified atom stereocenters. The molecule has 8 heteroatoms. The van der Waals surface area contributed by atoms with E-state index in [1.807, 2.05) is 26.8 Å². The smallest absolute Gasteiger partial charge is 0.280 e. The summed E-state index contributed by atoms with van der Waals surface area (Å²) in [6.07, 6.45) is 0. The lowest BCUT2D eigenvalue weighted by molar-refractivity contribution is -0.145. The van der Waals surface area contributed by atoms with Gasteiger partial charge in [0.1, 0.15) is 10.8 Å². The highest BCUT2D eigenvalue weighted by atomic mass is 32.1. The summed E-state index contributed by atoms with van der Waals surface area (Å²) in [5, 5.41) is 11.8. The maximum absolute atomic E-state index is 12.9. The van der Waals surface area contributed by atoms with Crippen molar-refractivity contribution in [1.29, 1.82) is 0 Å². The zero-order valence-electron chi connectivity index (χ0n) is 14.6. The second kappa shape index (κ2) is 6.44. The van der Waals surface area contributed by atoms with Crippen molar-refractivity contribution in [3.8, 4) is 5.75 Å². The van der Waals surface area contributed by atoms with Gasteiger partial charge in [-0.1, -0.05) is 37.3 Å². The number of para-hydroxylation sites is 2. The Morgan fingerprint density at radius 3 is 2.72 bits per heavy atom. The first kappa shape index (κ1) is 17.3. The van der Waals surface area contributed by atoms with Crippen LogP contribution in [0.1, 0.15) is 38.6 Å². The van der Waals surface area contributed by atoms with Crippen molar-refractivity contribution in [1.82, 2.24) is 10.2 Å². The van der Waals surface area contributed by atoms with Gasteiger partial charge in [-0.2, -0.15) is 0 Å². The summed E-state index contributed by atoms with van der Waals surface area (Å²) >= 11 is 1.29. The number of carbonyl (C=O) groups excluding carboxylic acids is 2. The van der Waals surface area contributed by atoms with Gasteiger partial charge in [0.15, 0.2) is 0 Å². The van der Waals surface area contributed by atoms with Gasteiger partial charge in [0.25, 0.3) is 17.4 Å². The highest BCUT2D eigenvalue weighted by Crippen LogP contribution is 2.38. The number of ether oxygens (including phenoxy) is 1. The van der Waals surface area contributed by atoms with Crippen LogP contribution in [0.15, 0.2) is 24.3 Å². The molecule has 0 saturated heterocycles. The molecule has 7 nitrogen and oxygen atoms in total. The fraction of sp³-hybridized carbons (Fsp3) is 0.412. The molecule has 3 rings (SSSR count). The third kappa shape index (κ3) is 2.97. The number of aromatic nitrogens is 2. The van der Waals surface area contributed by atoms with Crippen LogP contribution in [0, 0.1) is 0 Å². The van der Waals surface area contributed by atoms with E-state index in [1.54, 1.807) is 23.1 Å². The zero-order valence-corrected chi connectivity index (χ0v) is 15.4. The molecule has 1 aliphatic heterocycles. The molecule has 1 atom stereocenters. The SMILES string of the molecule is CCN1C(=O)C(C)(C(=O)Nc2nnc(C(C)C)s2)Oc2ccccc21. The molecule has 0 bridgehead atoms. The number of likely N-dealkylation sites (N-methyl/N-ethyl adjacent to an activating group) is 1. The van der Waals surface area contributed by atoms with E-state index in [9.17, 15) is 9.59 Å². The highest BCUT2D eigenvalue weighted by molar-refractivity contribution is 7.15. The molecule has 2 amide bonds. The van der Waals surface area contributed by atoms with Crippen molar-refractivity contribution in [2.24, 2.45) is 0 Å². The molecule has 2 aromatic rings. The topological polar surface area (TPSA) is 84.4 Å². The first-order valence-corrected chi connectivity index (χ1v) is 8.93. The maximum Gasteiger partial charge on any atom is 0.280 e. The predicted molar refractivity (Wildman–Crippen MR) is 96.1 cm³/mol. The Kier molecular flexibility index (Phi) is 4.47. The van der Waals surface area contributed by atoms with E-state index in [0.29, 0.717) is 23.1 Å². The van der Waals surface area contributed by atoms with Crippen molar-refractivity contribution >= 4 is 34.0 Å². The lowest BCUT2D eigenvalue weighted by atomic mass is 10.00. The van der Waals surface area contributed by atoms with Crippen LogP contribution in [0.5, 0.6) is 5.75 Å². The zero-order chi connectivity index (χ0) is 18.2. The van der Waals surface area contributed by atoms with Crippen LogP contribution in [-0.4, -0.2) is 34.2 Å². The minimum Gasteiger partial charge on any atom is -0.465 e. The summed E-state index contributed by atoms with van der Waals surface area (Å²) in [7, 11) is 0. The van der Waals surface area contributed by atoms with Gasteiger partial charge in [-0.3, -0.25) is 14.9 Å². The third-order valence-corrected chi connectivity index (χ3v) is 5.17. The highest BCUT2D eigenvalue weighted by Gasteiger charge is 2.50. The van der Waals surface area contributed by atoms with E-state index in [-0.39, 0.29) is 5.92 Å². The van der Waals surface area contributed by atoms with E-state index in [4.69, 9.17) is 4.74 Å². The Morgan fingerprint density at radius 2 is 2.08 bits per heavy atom. The number of nitrogens with zero attached hydrogens (tertiary/aromatic N) is 3. The summed E-state index contributed by atoms with van der Waals surface area (Å²) in [4.78, 5) is 27.3. The van der Waals surface area contributed by atoms with Crippen LogP contribution >= 0.6 is 11.3 Å². The van der Waals surface area contributed by atoms with Gasteiger partial charge in [0.05, 0.1) is 5.69 Å². The second-order valence-corrected chi connectivity index (χ2v) is 7.22. The Hall–Kier alpha value is -2.48. The minimum absolute atomic E-state index is 0.216. The Bertz CT molecular complexity index is 820. The largest absolute Gasteiger partial charge is 0.465 e. The number of benzene rings is 1. The molecule has 2 heterocycles. The predicted octanol–water partition coefficient (Wildman–Crippen LogP) is 2.80. The van der Waals surface area contributed by atoms with Crippen LogP contribution in [0.2, 0.25) is 0 Å². The molecule has 0 radical (unpaired) electrons. The second-order valence-electron chi connectivity index (χ2n) is 6.21. The van der Waals surface area contributed by atoms with Crippen LogP contribution in [0.4, 0.5) is 10.8 Å². The molecular formula is C17H20N4O3S. The fourth-order valence-electron chi connectivity index (χ4n) is 2.59. The number of anilines is 2. The molecule has 132 valence electrons. The van der Waals surface area contributed by atoms with E-state index in [1.165, 1.54) is 18.3 Å². The van der Waals surface area contributed by atoms with Gasteiger partial charge >= 0.3 is 0 Å². The number of carbonyl (C=O) groups is 2. The van der Waals surface area contributed by atoms with Crippen LogP contribution < -0.4 is 15.0 Å². The number of nitrogens with one attached hydrogen (secondary N) is 1. The molecule has 0 fully saturated rings. The van der Waals surface area contributed by atoms with Gasteiger partial charge in [0, 0.05) is 12.5 Å². The van der Waals surface area contributed by atoms with Gasteiger partial charge < -0.3 is 9.64 Å². The van der Waals surface area contributed by atoms with Crippen molar-refractivity contribution in [3.63, 3.8) is 0 Å². The van der Waals surface area contributed by atoms with E-state index in [0.717, 1.165) is 5.01 Å². The number of hydrogen-bond acceptors (Lipinski definition) is 6. The van der Waals surface area contributed by atoms with Gasteiger partial charge in [0.2, 0.25) is 5.13 Å². The Labute approximate surface area is 150 Å². The van der Waals surface area contributed by atoms with Gasteiger partial charge in [-0.25, -0.2) is 0 Å². The Morgan fingerprint density at radius 1 is 1.36 bits per heavy atom. The van der Waals surface area contributed by atoms with E-state index in [2.05, 4.69) is 15.5 Å². The number of amides is 2. The Balaban J connectivity index is 1.89. The first-order valence-electron chi connectivity index (χ1n) is 8.11. The molecule has 1 N–H and O–H groups in total. The summed E-state index contributed by atoms with van der Waals surface area (Å²) in [5.41, 5.74) is -0.994. The number of rotatable bonds is 4. The lowest BCUT2D eigenvalue weighted by Crippen LogP contribution is -2.60. The van der Waals surface area contributed by atoms with Crippen molar-refractivity contribution < 1.29 is 14.3 Å². The van der Waals surface area contributed by atoms with Gasteiger partial charge in [-0.15, -0.1) is 10.2 Å². The minimum atomic E-state index is -1.66. The number of hydrogen-bond donors (Lipinski definition) is 1. The summed E-state index contributed by atoms with van der Waals surface area (Å²) in [5.74, 6) is -0.243. The lowest BCUT2D eigenvalue weighted by Gasteiger charge is -2.38. The molecule has 25 heavy (non-hydrogen) atoms. The molecule has 0 aliphatic carbocycles. The van der Waals surface area contributed by atoms with Crippen molar-refractivity contribution in [2.45, 2.75) is 39.2 Å². The van der Waals surface area contributed by atoms with E-state index < -0.39 is 17.4 Å².